The number of rotatable bonds is 6. The quantitative estimate of drug-likeness (QED) is 0.333. The van der Waals surface area contributed by atoms with Gasteiger partial charge in [-0.1, -0.05) is 47.6 Å². The number of nitrogens with one attached hydrogen (secondary N) is 1. The zero-order valence-electron chi connectivity index (χ0n) is 16.8. The minimum atomic E-state index is -0.236. The fourth-order valence-electron chi connectivity index (χ4n) is 3.12. The summed E-state index contributed by atoms with van der Waals surface area (Å²) in [5, 5.41) is 13.3. The fraction of sp³-hybridized carbons (Fsp3) is 0.0833. The summed E-state index contributed by atoms with van der Waals surface area (Å²) in [6.45, 7) is 0.313. The van der Waals surface area contributed by atoms with Gasteiger partial charge in [-0.2, -0.15) is 5.26 Å². The average molecular weight is 461 g/mol. The molecule has 8 heteroatoms. The van der Waals surface area contributed by atoms with E-state index in [-0.39, 0.29) is 17.2 Å². The highest BCUT2D eigenvalue weighted by molar-refractivity contribution is 7.99. The third kappa shape index (κ3) is 4.99. The average Bonchev–Trinajstić information content (AvgIpc) is 2.81. The number of thioether (sulfide) groups is 1. The second-order valence-corrected chi connectivity index (χ2v) is 8.33. The van der Waals surface area contributed by atoms with Crippen LogP contribution in [0.2, 0.25) is 5.02 Å². The van der Waals surface area contributed by atoms with Crippen molar-refractivity contribution in [2.24, 2.45) is 0 Å². The Balaban J connectivity index is 1.58. The number of hydrogen-bond acceptors (Lipinski definition) is 5. The summed E-state index contributed by atoms with van der Waals surface area (Å²) in [6, 6.07) is 23.1. The van der Waals surface area contributed by atoms with Crippen LogP contribution < -0.4 is 10.9 Å². The molecule has 0 unspecified atom stereocenters. The van der Waals surface area contributed by atoms with Crippen LogP contribution in [0.4, 0.5) is 5.69 Å². The first-order chi connectivity index (χ1) is 15.5. The van der Waals surface area contributed by atoms with E-state index in [0.29, 0.717) is 38.9 Å². The van der Waals surface area contributed by atoms with Gasteiger partial charge in [0.25, 0.3) is 5.56 Å². The minimum absolute atomic E-state index is 0.0748. The molecule has 4 rings (SSSR count). The predicted molar refractivity (Wildman–Crippen MR) is 127 cm³/mol. The van der Waals surface area contributed by atoms with E-state index in [1.54, 1.807) is 59.2 Å². The van der Waals surface area contributed by atoms with Gasteiger partial charge in [0.05, 0.1) is 34.8 Å². The third-order valence-electron chi connectivity index (χ3n) is 4.71. The predicted octanol–water partition coefficient (Wildman–Crippen LogP) is 4.70. The molecule has 0 radical (unpaired) electrons. The van der Waals surface area contributed by atoms with E-state index in [1.807, 2.05) is 24.3 Å². The van der Waals surface area contributed by atoms with Crippen molar-refractivity contribution in [3.63, 3.8) is 0 Å². The van der Waals surface area contributed by atoms with Gasteiger partial charge in [0.2, 0.25) is 5.91 Å². The van der Waals surface area contributed by atoms with Gasteiger partial charge >= 0.3 is 0 Å². The molecule has 32 heavy (non-hydrogen) atoms. The number of nitrogens with zero attached hydrogens (tertiary/aromatic N) is 3. The number of para-hydroxylation sites is 1. The summed E-state index contributed by atoms with van der Waals surface area (Å²) in [5.41, 5.74) is 2.43. The van der Waals surface area contributed by atoms with E-state index in [1.165, 1.54) is 11.8 Å². The summed E-state index contributed by atoms with van der Waals surface area (Å²) >= 11 is 7.17. The van der Waals surface area contributed by atoms with E-state index in [4.69, 9.17) is 16.9 Å². The molecule has 1 amide bonds. The van der Waals surface area contributed by atoms with Gasteiger partial charge in [-0.3, -0.25) is 14.2 Å². The van der Waals surface area contributed by atoms with Crippen LogP contribution >= 0.6 is 23.4 Å². The van der Waals surface area contributed by atoms with Crippen LogP contribution in [0.25, 0.3) is 10.9 Å². The molecule has 6 nitrogen and oxygen atoms in total. The molecule has 0 spiro atoms. The van der Waals surface area contributed by atoms with Gasteiger partial charge in [0.1, 0.15) is 0 Å². The number of benzene rings is 3. The van der Waals surface area contributed by atoms with Crippen LogP contribution in [0.1, 0.15) is 11.1 Å². The fourth-order valence-corrected chi connectivity index (χ4v) is 4.05. The zero-order valence-corrected chi connectivity index (χ0v) is 18.4. The van der Waals surface area contributed by atoms with E-state index in [2.05, 4.69) is 10.3 Å². The lowest BCUT2D eigenvalue weighted by atomic mass is 10.2. The lowest BCUT2D eigenvalue weighted by Gasteiger charge is -2.13. The van der Waals surface area contributed by atoms with Crippen molar-refractivity contribution in [1.29, 1.82) is 5.26 Å². The molecular formula is C24H17ClN4O2S. The molecule has 3 aromatic carbocycles. The molecule has 0 bridgehead atoms. The van der Waals surface area contributed by atoms with Crippen molar-refractivity contribution in [2.75, 3.05) is 11.1 Å². The van der Waals surface area contributed by atoms with E-state index >= 15 is 0 Å². The van der Waals surface area contributed by atoms with Crippen LogP contribution in [0.15, 0.2) is 82.7 Å². The molecule has 0 aliphatic carbocycles. The Morgan fingerprint density at radius 1 is 1.06 bits per heavy atom. The Morgan fingerprint density at radius 3 is 2.50 bits per heavy atom. The molecule has 0 aliphatic rings. The number of anilines is 1. The largest absolute Gasteiger partial charge is 0.325 e. The lowest BCUT2D eigenvalue weighted by molar-refractivity contribution is -0.113. The SMILES string of the molecule is N#Cc1ccc(NC(=O)CSc2nc3ccccc3c(=O)n2Cc2ccc(Cl)cc2)cc1. The van der Waals surface area contributed by atoms with Crippen molar-refractivity contribution in [3.8, 4) is 6.07 Å². The Kier molecular flexibility index (Phi) is 6.55. The molecule has 0 saturated carbocycles. The van der Waals surface area contributed by atoms with Gasteiger partial charge in [0.15, 0.2) is 5.16 Å². The molecular weight excluding hydrogens is 444 g/mol. The van der Waals surface area contributed by atoms with Crippen LogP contribution in [-0.4, -0.2) is 21.2 Å². The maximum atomic E-state index is 13.2. The third-order valence-corrected chi connectivity index (χ3v) is 5.94. The molecule has 0 atom stereocenters. The van der Waals surface area contributed by atoms with Gasteiger partial charge in [-0.05, 0) is 54.1 Å². The number of carbonyl (C=O) groups is 1. The van der Waals surface area contributed by atoms with E-state index in [9.17, 15) is 9.59 Å². The monoisotopic (exact) mass is 460 g/mol. The maximum absolute atomic E-state index is 13.2. The molecule has 158 valence electrons. The summed E-state index contributed by atoms with van der Waals surface area (Å²) in [6.07, 6.45) is 0. The first-order valence-electron chi connectivity index (χ1n) is 9.70. The van der Waals surface area contributed by atoms with Gasteiger partial charge < -0.3 is 5.32 Å². The maximum Gasteiger partial charge on any atom is 0.262 e. The van der Waals surface area contributed by atoms with Gasteiger partial charge in [0, 0.05) is 10.7 Å². The smallest absolute Gasteiger partial charge is 0.262 e. The van der Waals surface area contributed by atoms with Crippen LogP contribution in [0.5, 0.6) is 0 Å². The van der Waals surface area contributed by atoms with Crippen molar-refractivity contribution < 1.29 is 4.79 Å². The summed E-state index contributed by atoms with van der Waals surface area (Å²) in [7, 11) is 0. The minimum Gasteiger partial charge on any atom is -0.325 e. The van der Waals surface area contributed by atoms with Gasteiger partial charge in [-0.15, -0.1) is 0 Å². The molecule has 1 N–H and O–H groups in total. The molecule has 1 aromatic heterocycles. The molecule has 0 saturated heterocycles. The highest BCUT2D eigenvalue weighted by Gasteiger charge is 2.14. The van der Waals surface area contributed by atoms with E-state index in [0.717, 1.165) is 5.56 Å². The van der Waals surface area contributed by atoms with E-state index < -0.39 is 0 Å². The van der Waals surface area contributed by atoms with Crippen LogP contribution in [-0.2, 0) is 11.3 Å². The Hall–Kier alpha value is -3.60. The first-order valence-corrected chi connectivity index (χ1v) is 11.1. The topological polar surface area (TPSA) is 87.8 Å². The zero-order chi connectivity index (χ0) is 22.5. The molecule has 0 fully saturated rings. The van der Waals surface area contributed by atoms with Crippen molar-refractivity contribution in [3.05, 3.63) is 99.3 Å². The van der Waals surface area contributed by atoms with Crippen molar-refractivity contribution in [1.82, 2.24) is 9.55 Å². The second-order valence-electron chi connectivity index (χ2n) is 6.96. The highest BCUT2D eigenvalue weighted by atomic mass is 35.5. The van der Waals surface area contributed by atoms with Crippen LogP contribution in [0.3, 0.4) is 0 Å². The number of nitriles is 1. The highest BCUT2D eigenvalue weighted by Crippen LogP contribution is 2.20. The Labute approximate surface area is 193 Å². The number of carbonyl (C=O) groups excluding carboxylic acids is 1. The standard InChI is InChI=1S/C24H17ClN4O2S/c25-18-9-5-17(6-10-18)14-29-23(31)20-3-1-2-4-21(20)28-24(29)32-15-22(30)27-19-11-7-16(13-26)8-12-19/h1-12H,14-15H2,(H,27,30). The first kappa shape index (κ1) is 21.6. The summed E-state index contributed by atoms with van der Waals surface area (Å²) in [4.78, 5) is 30.3. The Morgan fingerprint density at radius 2 is 1.78 bits per heavy atom. The second kappa shape index (κ2) is 9.69. The van der Waals surface area contributed by atoms with Crippen molar-refractivity contribution >= 4 is 45.9 Å². The van der Waals surface area contributed by atoms with Gasteiger partial charge in [-0.25, -0.2) is 4.98 Å². The normalized spacial score (nSPS) is 10.6. The van der Waals surface area contributed by atoms with Crippen molar-refractivity contribution in [2.45, 2.75) is 11.7 Å². The molecule has 0 aliphatic heterocycles. The number of hydrogen-bond donors (Lipinski definition) is 1. The summed E-state index contributed by atoms with van der Waals surface area (Å²) in [5.74, 6) is -0.161. The van der Waals surface area contributed by atoms with Crippen LogP contribution in [0, 0.1) is 11.3 Å². The molecule has 1 heterocycles. The number of halogens is 1. The lowest BCUT2D eigenvalue weighted by Crippen LogP contribution is -2.24. The Bertz CT molecular complexity index is 1380. The number of aromatic nitrogens is 2. The number of amides is 1. The summed E-state index contributed by atoms with van der Waals surface area (Å²) < 4.78 is 1.57. The molecule has 4 aromatic rings. The number of fused-ring (bicyclic) bond motifs is 1.